The smallest absolute Gasteiger partial charge is 0.814 e. The fourth-order valence-corrected chi connectivity index (χ4v) is 2.19. The van der Waals surface area contributed by atoms with E-state index in [2.05, 4.69) is 52.1 Å². The number of nitrogens with zero attached hydrogens (tertiary/aromatic N) is 6. The molecule has 0 aliphatic heterocycles. The summed E-state index contributed by atoms with van der Waals surface area (Å²) in [7, 11) is 8.20. The first-order valence-corrected chi connectivity index (χ1v) is 9.88. The minimum Gasteiger partial charge on any atom is -0.814 e. The van der Waals surface area contributed by atoms with Crippen LogP contribution in [0.4, 0.5) is 5.69 Å². The molecule has 0 spiro atoms. The molecule has 0 fully saturated rings. The van der Waals surface area contributed by atoms with Crippen LogP contribution in [0, 0.1) is 6.07 Å². The summed E-state index contributed by atoms with van der Waals surface area (Å²) in [6, 6.07) is 21.1. The Bertz CT molecular complexity index is 779. The molecule has 0 radical (unpaired) electrons. The zero-order chi connectivity index (χ0) is 23.5. The van der Waals surface area contributed by atoms with Gasteiger partial charge in [-0.3, -0.25) is 9.97 Å². The van der Waals surface area contributed by atoms with Crippen LogP contribution < -0.4 is 4.90 Å². The molecule has 170 valence electrons. The Morgan fingerprint density at radius 1 is 0.812 bits per heavy atom. The Hall–Kier alpha value is -2.76. The maximum Gasteiger partial charge on any atom is 4.00 e. The van der Waals surface area contributed by atoms with Crippen molar-refractivity contribution in [3.63, 3.8) is 0 Å². The maximum atomic E-state index is 7.44. The molecule has 3 aromatic rings. The first-order chi connectivity index (χ1) is 14.9. The zero-order valence-electron chi connectivity index (χ0n) is 19.7. The van der Waals surface area contributed by atoms with Gasteiger partial charge in [-0.05, 0) is 52.5 Å². The predicted octanol–water partition coefficient (Wildman–Crippen LogP) is 5.05. The van der Waals surface area contributed by atoms with Crippen molar-refractivity contribution < 1.29 is 19.5 Å². The molecular weight excluding hydrogens is 485 g/mol. The van der Waals surface area contributed by atoms with Gasteiger partial charge >= 0.3 is 19.5 Å². The summed E-state index contributed by atoms with van der Waals surface area (Å²) in [4.78, 5) is 12.6. The molecule has 0 bridgehead atoms. The number of hydrogen-bond acceptors (Lipinski definition) is 4. The summed E-state index contributed by atoms with van der Waals surface area (Å²) in [5, 5.41) is 14.9. The molecule has 0 unspecified atom stereocenters. The maximum absolute atomic E-state index is 7.44. The molecule has 0 amide bonds. The van der Waals surface area contributed by atoms with Crippen molar-refractivity contribution in [2.24, 2.45) is 0 Å². The van der Waals surface area contributed by atoms with Crippen LogP contribution in [0.5, 0.6) is 0 Å². The SMILES string of the molecule is CC=[N-].CC=[N-].CN(C)Cc1[c-]cc(N(C)C)cc1.[Ru+4].c1ccc(-c2ccccn2)nc1. The second-order valence-corrected chi connectivity index (χ2v) is 6.65. The van der Waals surface area contributed by atoms with E-state index in [1.807, 2.05) is 56.6 Å². The molecule has 0 aliphatic rings. The number of rotatable bonds is 4. The molecule has 3 rings (SSSR count). The van der Waals surface area contributed by atoms with Gasteiger partial charge in [-0.1, -0.05) is 31.7 Å². The predicted molar refractivity (Wildman–Crippen MR) is 135 cm³/mol. The monoisotopic (exact) mass is 519 g/mol. The van der Waals surface area contributed by atoms with E-state index in [1.54, 1.807) is 26.2 Å². The average Bonchev–Trinajstić information content (AvgIpc) is 2.77. The van der Waals surface area contributed by atoms with Gasteiger partial charge in [0, 0.05) is 18.9 Å². The van der Waals surface area contributed by atoms with Crippen LogP contribution >= 0.6 is 0 Å². The molecule has 7 heteroatoms. The van der Waals surface area contributed by atoms with Crippen molar-refractivity contribution in [3.8, 4) is 11.4 Å². The van der Waals surface area contributed by atoms with Gasteiger partial charge in [0.25, 0.3) is 0 Å². The fraction of sp³-hybridized carbons (Fsp3) is 0.280. The van der Waals surface area contributed by atoms with Crippen LogP contribution in [-0.4, -0.2) is 55.5 Å². The quantitative estimate of drug-likeness (QED) is 0.275. The first-order valence-electron chi connectivity index (χ1n) is 9.88. The molecule has 0 saturated heterocycles. The number of pyridine rings is 2. The molecule has 2 aromatic heterocycles. The molecule has 0 saturated carbocycles. The summed E-state index contributed by atoms with van der Waals surface area (Å²) in [6.45, 7) is 4.06. The Morgan fingerprint density at radius 2 is 1.28 bits per heavy atom. The molecule has 32 heavy (non-hydrogen) atoms. The minimum atomic E-state index is 0. The second kappa shape index (κ2) is 20.2. The number of aromatic nitrogens is 2. The van der Waals surface area contributed by atoms with Gasteiger partial charge in [0.1, 0.15) is 0 Å². The summed E-state index contributed by atoms with van der Waals surface area (Å²) >= 11 is 0. The van der Waals surface area contributed by atoms with Crippen LogP contribution in [0.15, 0.2) is 67.0 Å². The molecule has 1 aromatic carbocycles. The van der Waals surface area contributed by atoms with E-state index in [-0.39, 0.29) is 19.5 Å². The van der Waals surface area contributed by atoms with Gasteiger partial charge in [-0.25, -0.2) is 12.4 Å². The summed E-state index contributed by atoms with van der Waals surface area (Å²) in [5.74, 6) is 0. The van der Waals surface area contributed by atoms with E-state index in [0.717, 1.165) is 30.4 Å². The normalized spacial score (nSPS) is 8.72. The van der Waals surface area contributed by atoms with Crippen molar-refractivity contribution in [2.75, 3.05) is 33.1 Å². The average molecular weight is 519 g/mol. The fourth-order valence-electron chi connectivity index (χ4n) is 2.19. The van der Waals surface area contributed by atoms with Gasteiger partial charge in [-0.2, -0.15) is 18.2 Å². The summed E-state index contributed by atoms with van der Waals surface area (Å²) in [5.41, 5.74) is 4.26. The van der Waals surface area contributed by atoms with Gasteiger partial charge in [-0.15, -0.1) is 11.6 Å². The van der Waals surface area contributed by atoms with Crippen molar-refractivity contribution in [2.45, 2.75) is 20.4 Å². The molecule has 0 N–H and O–H groups in total. The standard InChI is InChI=1S/C11H17N2.C10H8N2.2C2H4N.Ru/c1-12(2)9-10-5-7-11(8-6-10)13(3)4;1-3-7-11-9(5-1)10-6-2-4-8-12-10;2*1-2-3;/h5,7-8H,9H2,1-4H3;1-8H;2*2H,1H3;/q-1;;2*-1;+4. The Balaban J connectivity index is 0. The Labute approximate surface area is 206 Å². The first kappa shape index (κ1) is 31.4. The van der Waals surface area contributed by atoms with Crippen molar-refractivity contribution >= 4 is 18.1 Å². The van der Waals surface area contributed by atoms with Gasteiger partial charge in [0.05, 0.1) is 11.4 Å². The molecular formula is C25H33N6Ru+. The van der Waals surface area contributed by atoms with Gasteiger partial charge in [0.15, 0.2) is 0 Å². The van der Waals surface area contributed by atoms with E-state index < -0.39 is 0 Å². The molecule has 2 heterocycles. The third kappa shape index (κ3) is 15.1. The van der Waals surface area contributed by atoms with E-state index in [4.69, 9.17) is 10.8 Å². The number of hydrogen-bond donors (Lipinski definition) is 0. The van der Waals surface area contributed by atoms with E-state index in [0.29, 0.717) is 0 Å². The van der Waals surface area contributed by atoms with Crippen LogP contribution in [0.25, 0.3) is 22.2 Å². The Kier molecular flexibility index (Phi) is 19.8. The third-order valence-corrected chi connectivity index (χ3v) is 3.46. The van der Waals surface area contributed by atoms with Crippen LogP contribution in [0.2, 0.25) is 0 Å². The zero-order valence-corrected chi connectivity index (χ0v) is 21.5. The van der Waals surface area contributed by atoms with Crippen molar-refractivity contribution in [1.82, 2.24) is 14.9 Å². The van der Waals surface area contributed by atoms with Crippen LogP contribution in [0.1, 0.15) is 19.4 Å². The van der Waals surface area contributed by atoms with Crippen molar-refractivity contribution in [3.05, 3.63) is 89.4 Å². The van der Waals surface area contributed by atoms with E-state index >= 15 is 0 Å². The summed E-state index contributed by atoms with van der Waals surface area (Å²) in [6.07, 6.45) is 5.54. The molecule has 6 nitrogen and oxygen atoms in total. The Morgan fingerprint density at radius 3 is 1.56 bits per heavy atom. The van der Waals surface area contributed by atoms with Crippen molar-refractivity contribution in [1.29, 1.82) is 0 Å². The van der Waals surface area contributed by atoms with Crippen LogP contribution in [0.3, 0.4) is 0 Å². The van der Waals surface area contributed by atoms with Gasteiger partial charge in [0.2, 0.25) is 0 Å². The van der Waals surface area contributed by atoms with Crippen LogP contribution in [-0.2, 0) is 26.0 Å². The molecule has 0 aliphatic carbocycles. The van der Waals surface area contributed by atoms with E-state index in [1.165, 1.54) is 11.3 Å². The third-order valence-electron chi connectivity index (χ3n) is 3.46. The molecule has 0 atom stereocenters. The van der Waals surface area contributed by atoms with Gasteiger partial charge < -0.3 is 20.6 Å². The minimum absolute atomic E-state index is 0. The number of anilines is 1. The second-order valence-electron chi connectivity index (χ2n) is 6.65. The van der Waals surface area contributed by atoms with E-state index in [9.17, 15) is 0 Å². The summed E-state index contributed by atoms with van der Waals surface area (Å²) < 4.78 is 0. The topological polar surface area (TPSA) is 76.9 Å². The number of benzene rings is 1. The largest absolute Gasteiger partial charge is 4.00 e.